The van der Waals surface area contributed by atoms with Crippen LogP contribution in [0.1, 0.15) is 44.6 Å². The molecule has 5 nitrogen and oxygen atoms in total. The molecule has 0 spiro atoms. The highest BCUT2D eigenvalue weighted by molar-refractivity contribution is 5.80. The van der Waals surface area contributed by atoms with E-state index in [9.17, 15) is 0 Å². The summed E-state index contributed by atoms with van der Waals surface area (Å²) >= 11 is 0. The molecular weight excluding hydrogens is 298 g/mol. The number of hydrogen-bond donors (Lipinski definition) is 2. The number of aryl methyl sites for hydroxylation is 2. The van der Waals surface area contributed by atoms with Gasteiger partial charge in [0.1, 0.15) is 0 Å². The highest BCUT2D eigenvalue weighted by Crippen LogP contribution is 2.17. The average molecular weight is 327 g/mol. The fourth-order valence-electron chi connectivity index (χ4n) is 2.55. The maximum atomic E-state index is 4.75. The van der Waals surface area contributed by atoms with E-state index in [0.717, 1.165) is 35.1 Å². The zero-order chi connectivity index (χ0) is 17.7. The molecule has 0 atom stereocenters. The molecule has 0 saturated heterocycles. The Bertz CT molecular complexity index is 707. The van der Waals surface area contributed by atoms with Crippen LogP contribution in [0.2, 0.25) is 0 Å². The second-order valence-electron chi connectivity index (χ2n) is 7.04. The predicted octanol–water partition coefficient (Wildman–Crippen LogP) is 3.34. The van der Waals surface area contributed by atoms with Crippen molar-refractivity contribution in [3.8, 4) is 5.69 Å². The van der Waals surface area contributed by atoms with Gasteiger partial charge in [0.05, 0.1) is 17.9 Å². The van der Waals surface area contributed by atoms with E-state index in [2.05, 4.69) is 68.6 Å². The molecule has 2 rings (SSSR count). The summed E-state index contributed by atoms with van der Waals surface area (Å²) in [4.78, 5) is 4.75. The molecular formula is C19H29N5. The first kappa shape index (κ1) is 18.0. The normalized spacial score (nSPS) is 12.3. The summed E-state index contributed by atoms with van der Waals surface area (Å²) < 4.78 is 1.99. The molecule has 0 bridgehead atoms. The Hall–Kier alpha value is -2.30. The zero-order valence-electron chi connectivity index (χ0n) is 15.6. The standard InChI is InChI=1S/C19H29N5/c1-7-20-18(22-19(4,5)6)21-13-16-10-8-9-11-17(16)24-15(3)12-14(2)23-24/h8-12H,7,13H2,1-6H3,(H2,20,21,22). The molecule has 0 aliphatic heterocycles. The van der Waals surface area contributed by atoms with Crippen LogP contribution < -0.4 is 10.6 Å². The molecule has 0 saturated carbocycles. The van der Waals surface area contributed by atoms with Gasteiger partial charge < -0.3 is 10.6 Å². The van der Waals surface area contributed by atoms with Crippen LogP contribution in [0.15, 0.2) is 35.3 Å². The van der Waals surface area contributed by atoms with Crippen LogP contribution in [0.25, 0.3) is 5.69 Å². The molecule has 130 valence electrons. The Morgan fingerprint density at radius 3 is 2.50 bits per heavy atom. The molecule has 1 heterocycles. The average Bonchev–Trinajstić information content (AvgIpc) is 2.82. The number of hydrogen-bond acceptors (Lipinski definition) is 2. The minimum atomic E-state index is -0.0315. The van der Waals surface area contributed by atoms with Gasteiger partial charge in [-0.1, -0.05) is 18.2 Å². The van der Waals surface area contributed by atoms with Gasteiger partial charge in [-0.2, -0.15) is 5.10 Å². The first-order chi connectivity index (χ1) is 11.3. The minimum absolute atomic E-state index is 0.0315. The van der Waals surface area contributed by atoms with Crippen LogP contribution in [0.4, 0.5) is 0 Å². The lowest BCUT2D eigenvalue weighted by atomic mass is 10.1. The van der Waals surface area contributed by atoms with Gasteiger partial charge in [-0.3, -0.25) is 0 Å². The first-order valence-electron chi connectivity index (χ1n) is 8.48. The first-order valence-corrected chi connectivity index (χ1v) is 8.48. The lowest BCUT2D eigenvalue weighted by molar-refractivity contribution is 0.501. The summed E-state index contributed by atoms with van der Waals surface area (Å²) in [7, 11) is 0. The molecule has 0 fully saturated rings. The van der Waals surface area contributed by atoms with E-state index < -0.39 is 0 Å². The third-order valence-electron chi connectivity index (χ3n) is 3.47. The van der Waals surface area contributed by atoms with Crippen LogP contribution in [0.3, 0.4) is 0 Å². The summed E-state index contributed by atoms with van der Waals surface area (Å²) in [6.45, 7) is 14.0. The lowest BCUT2D eigenvalue weighted by Gasteiger charge is -2.23. The molecule has 0 amide bonds. The number of benzene rings is 1. The van der Waals surface area contributed by atoms with Crippen LogP contribution in [-0.2, 0) is 6.54 Å². The molecule has 2 aromatic rings. The van der Waals surface area contributed by atoms with Gasteiger partial charge in [-0.05, 0) is 59.2 Å². The smallest absolute Gasteiger partial charge is 0.191 e. The summed E-state index contributed by atoms with van der Waals surface area (Å²) in [6.07, 6.45) is 0. The molecule has 0 unspecified atom stereocenters. The highest BCUT2D eigenvalue weighted by atomic mass is 15.3. The van der Waals surface area contributed by atoms with Crippen LogP contribution in [0, 0.1) is 13.8 Å². The Morgan fingerprint density at radius 2 is 1.92 bits per heavy atom. The third-order valence-corrected chi connectivity index (χ3v) is 3.47. The molecule has 1 aromatic heterocycles. The Kier molecular flexibility index (Phi) is 5.65. The second-order valence-corrected chi connectivity index (χ2v) is 7.04. The summed E-state index contributed by atoms with van der Waals surface area (Å²) in [6, 6.07) is 10.4. The molecule has 5 heteroatoms. The van der Waals surface area contributed by atoms with Gasteiger partial charge in [-0.25, -0.2) is 9.67 Å². The van der Waals surface area contributed by atoms with Gasteiger partial charge in [0.25, 0.3) is 0 Å². The fourth-order valence-corrected chi connectivity index (χ4v) is 2.55. The van der Waals surface area contributed by atoms with E-state index in [1.807, 2.05) is 23.7 Å². The third kappa shape index (κ3) is 4.85. The maximum Gasteiger partial charge on any atom is 0.191 e. The van der Waals surface area contributed by atoms with E-state index in [4.69, 9.17) is 4.99 Å². The summed E-state index contributed by atoms with van der Waals surface area (Å²) in [5.41, 5.74) is 4.35. The molecule has 0 aliphatic rings. The Balaban J connectivity index is 2.29. The summed E-state index contributed by atoms with van der Waals surface area (Å²) in [5, 5.41) is 11.3. The van der Waals surface area contributed by atoms with Crippen LogP contribution in [-0.4, -0.2) is 27.8 Å². The van der Waals surface area contributed by atoms with Crippen LogP contribution in [0.5, 0.6) is 0 Å². The van der Waals surface area contributed by atoms with E-state index in [1.165, 1.54) is 0 Å². The van der Waals surface area contributed by atoms with Crippen molar-refractivity contribution in [3.63, 3.8) is 0 Å². The molecule has 0 aliphatic carbocycles. The van der Waals surface area contributed by atoms with Crippen molar-refractivity contribution < 1.29 is 0 Å². The van der Waals surface area contributed by atoms with Crippen LogP contribution >= 0.6 is 0 Å². The van der Waals surface area contributed by atoms with Crippen molar-refractivity contribution in [1.82, 2.24) is 20.4 Å². The van der Waals surface area contributed by atoms with Gasteiger partial charge in [0.2, 0.25) is 0 Å². The quantitative estimate of drug-likeness (QED) is 0.669. The Morgan fingerprint density at radius 1 is 1.21 bits per heavy atom. The van der Waals surface area contributed by atoms with Gasteiger partial charge in [-0.15, -0.1) is 0 Å². The van der Waals surface area contributed by atoms with E-state index in [1.54, 1.807) is 0 Å². The van der Waals surface area contributed by atoms with Gasteiger partial charge >= 0.3 is 0 Å². The van der Waals surface area contributed by atoms with Crippen molar-refractivity contribution in [3.05, 3.63) is 47.3 Å². The zero-order valence-corrected chi connectivity index (χ0v) is 15.6. The number of guanidine groups is 1. The molecule has 0 radical (unpaired) electrons. The monoisotopic (exact) mass is 327 g/mol. The molecule has 2 N–H and O–H groups in total. The van der Waals surface area contributed by atoms with Crippen molar-refractivity contribution in [2.45, 2.75) is 53.6 Å². The Labute approximate surface area is 145 Å². The van der Waals surface area contributed by atoms with Crippen molar-refractivity contribution >= 4 is 5.96 Å². The highest BCUT2D eigenvalue weighted by Gasteiger charge is 2.12. The fraction of sp³-hybridized carbons (Fsp3) is 0.474. The van der Waals surface area contributed by atoms with Crippen molar-refractivity contribution in [2.24, 2.45) is 4.99 Å². The largest absolute Gasteiger partial charge is 0.357 e. The van der Waals surface area contributed by atoms with Crippen molar-refractivity contribution in [2.75, 3.05) is 6.54 Å². The number of para-hydroxylation sites is 1. The van der Waals surface area contributed by atoms with E-state index in [-0.39, 0.29) is 5.54 Å². The number of rotatable bonds is 4. The molecule has 24 heavy (non-hydrogen) atoms. The number of aliphatic imine (C=N–C) groups is 1. The van der Waals surface area contributed by atoms with Crippen molar-refractivity contribution in [1.29, 1.82) is 0 Å². The van der Waals surface area contributed by atoms with Gasteiger partial charge in [0.15, 0.2) is 5.96 Å². The predicted molar refractivity (Wildman–Crippen MR) is 101 cm³/mol. The summed E-state index contributed by atoms with van der Waals surface area (Å²) in [5.74, 6) is 0.827. The number of aromatic nitrogens is 2. The van der Waals surface area contributed by atoms with E-state index in [0.29, 0.717) is 6.54 Å². The van der Waals surface area contributed by atoms with E-state index >= 15 is 0 Å². The SMILES string of the molecule is CCNC(=NCc1ccccc1-n1nc(C)cc1C)NC(C)(C)C. The molecule has 1 aromatic carbocycles. The maximum absolute atomic E-state index is 4.75. The topological polar surface area (TPSA) is 54.2 Å². The number of nitrogens with one attached hydrogen (secondary N) is 2. The second kappa shape index (κ2) is 7.51. The lowest BCUT2D eigenvalue weighted by Crippen LogP contribution is -2.47. The number of nitrogens with zero attached hydrogens (tertiary/aromatic N) is 3. The minimum Gasteiger partial charge on any atom is -0.357 e. The van der Waals surface area contributed by atoms with Gasteiger partial charge in [0, 0.05) is 17.8 Å².